The van der Waals surface area contributed by atoms with Crippen LogP contribution in [0.5, 0.6) is 0 Å². The van der Waals surface area contributed by atoms with Crippen molar-refractivity contribution in [1.82, 2.24) is 4.57 Å². The molecular formula is C28H29NO2. The van der Waals surface area contributed by atoms with Crippen LogP contribution in [0.1, 0.15) is 38.4 Å². The Bertz CT molecular complexity index is 1240. The van der Waals surface area contributed by atoms with Gasteiger partial charge in [-0.15, -0.1) is 0 Å². The van der Waals surface area contributed by atoms with E-state index >= 15 is 0 Å². The Morgan fingerprint density at radius 3 is 2.35 bits per heavy atom. The zero-order valence-corrected chi connectivity index (χ0v) is 18.4. The fraction of sp³-hybridized carbons (Fsp3) is 0.179. The minimum atomic E-state index is -0.824. The number of para-hydroxylation sites is 1. The van der Waals surface area contributed by atoms with Gasteiger partial charge < -0.3 is 9.67 Å². The van der Waals surface area contributed by atoms with Crippen LogP contribution in [0.2, 0.25) is 0 Å². The van der Waals surface area contributed by atoms with E-state index in [0.29, 0.717) is 0 Å². The van der Waals surface area contributed by atoms with Crippen LogP contribution < -0.4 is 0 Å². The number of carbonyl (C=O) groups is 1. The second-order valence-electron chi connectivity index (χ2n) is 7.30. The summed E-state index contributed by atoms with van der Waals surface area (Å²) in [5.74, 6) is -0.824. The van der Waals surface area contributed by atoms with Crippen LogP contribution in [0.4, 0.5) is 0 Å². The van der Waals surface area contributed by atoms with Gasteiger partial charge in [0.05, 0.1) is 11.9 Å². The standard InChI is InChI=1S/C24H21NO2.C4H8/c1-2-3-10-19-16-21-20-11-6-4-8-17(20)13-14-23(21)25(19)22-12-7-5-9-18(22)15-24(26)27;1-3-4-2/h3-14,16H,2,15H2,1H3,(H,26,27);3-4H,1-2H3/b10-3+;4-3-. The van der Waals surface area contributed by atoms with Crippen LogP contribution >= 0.6 is 0 Å². The molecule has 0 bridgehead atoms. The average Bonchev–Trinajstić information content (AvgIpc) is 3.16. The number of allylic oxidation sites excluding steroid dienone is 3. The molecule has 4 rings (SSSR count). The van der Waals surface area contributed by atoms with Gasteiger partial charge in [-0.05, 0) is 60.9 Å². The maximum atomic E-state index is 11.4. The number of carboxylic acid groups (broad SMARTS) is 1. The van der Waals surface area contributed by atoms with E-state index in [2.05, 4.69) is 60.0 Å². The molecule has 0 saturated carbocycles. The Kier molecular flexibility index (Phi) is 7.45. The summed E-state index contributed by atoms with van der Waals surface area (Å²) in [5, 5.41) is 12.9. The highest BCUT2D eigenvalue weighted by atomic mass is 16.4. The highest BCUT2D eigenvalue weighted by molar-refractivity contribution is 6.08. The topological polar surface area (TPSA) is 42.2 Å². The minimum Gasteiger partial charge on any atom is -0.481 e. The van der Waals surface area contributed by atoms with Crippen molar-refractivity contribution in [3.05, 3.63) is 96.2 Å². The first kappa shape index (κ1) is 22.1. The Hall–Kier alpha value is -3.59. The van der Waals surface area contributed by atoms with Gasteiger partial charge in [0.2, 0.25) is 0 Å². The third-order valence-corrected chi connectivity index (χ3v) is 5.17. The lowest BCUT2D eigenvalue weighted by Gasteiger charge is -2.13. The van der Waals surface area contributed by atoms with Gasteiger partial charge in [0.25, 0.3) is 0 Å². The fourth-order valence-electron chi connectivity index (χ4n) is 3.65. The molecule has 0 spiro atoms. The van der Waals surface area contributed by atoms with Gasteiger partial charge in [0.1, 0.15) is 0 Å². The molecule has 0 aliphatic heterocycles. The molecule has 0 unspecified atom stereocenters. The maximum Gasteiger partial charge on any atom is 0.307 e. The van der Waals surface area contributed by atoms with Crippen molar-refractivity contribution in [1.29, 1.82) is 0 Å². The van der Waals surface area contributed by atoms with Gasteiger partial charge >= 0.3 is 5.97 Å². The Balaban J connectivity index is 0.000000628. The summed E-state index contributed by atoms with van der Waals surface area (Å²) in [6.07, 6.45) is 9.19. The molecule has 1 heterocycles. The summed E-state index contributed by atoms with van der Waals surface area (Å²) in [5.41, 5.74) is 3.87. The molecule has 0 amide bonds. The molecule has 1 N–H and O–H groups in total. The zero-order valence-electron chi connectivity index (χ0n) is 18.4. The third-order valence-electron chi connectivity index (χ3n) is 5.17. The number of fused-ring (bicyclic) bond motifs is 3. The van der Waals surface area contributed by atoms with Crippen LogP contribution in [0.15, 0.2) is 85.0 Å². The van der Waals surface area contributed by atoms with Crippen molar-refractivity contribution in [2.75, 3.05) is 0 Å². The maximum absolute atomic E-state index is 11.4. The van der Waals surface area contributed by atoms with E-state index in [0.717, 1.165) is 28.9 Å². The van der Waals surface area contributed by atoms with Crippen LogP contribution in [0.25, 0.3) is 33.4 Å². The number of aliphatic carboxylic acids is 1. The summed E-state index contributed by atoms with van der Waals surface area (Å²) < 4.78 is 2.17. The molecule has 0 atom stereocenters. The quantitative estimate of drug-likeness (QED) is 0.347. The number of hydrogen-bond donors (Lipinski definition) is 1. The average molecular weight is 412 g/mol. The largest absolute Gasteiger partial charge is 0.481 e. The van der Waals surface area contributed by atoms with Gasteiger partial charge in [0, 0.05) is 16.8 Å². The predicted octanol–water partition coefficient (Wildman–Crippen LogP) is 7.42. The van der Waals surface area contributed by atoms with E-state index in [9.17, 15) is 9.90 Å². The molecule has 0 fully saturated rings. The van der Waals surface area contributed by atoms with Gasteiger partial charge in [-0.25, -0.2) is 0 Å². The number of hydrogen-bond acceptors (Lipinski definition) is 1. The van der Waals surface area contributed by atoms with E-state index < -0.39 is 5.97 Å². The lowest BCUT2D eigenvalue weighted by Crippen LogP contribution is -2.06. The van der Waals surface area contributed by atoms with Crippen LogP contribution in [-0.2, 0) is 11.2 Å². The number of rotatable bonds is 5. The molecule has 0 aliphatic rings. The third kappa shape index (κ3) is 4.95. The first-order valence-corrected chi connectivity index (χ1v) is 10.7. The summed E-state index contributed by atoms with van der Waals surface area (Å²) in [4.78, 5) is 11.4. The highest BCUT2D eigenvalue weighted by Crippen LogP contribution is 2.32. The molecule has 1 aromatic heterocycles. The van der Waals surface area contributed by atoms with Gasteiger partial charge in [0.15, 0.2) is 0 Å². The van der Waals surface area contributed by atoms with Crippen molar-refractivity contribution in [2.45, 2.75) is 33.6 Å². The normalized spacial score (nSPS) is 11.3. The first-order valence-electron chi connectivity index (χ1n) is 10.7. The second-order valence-corrected chi connectivity index (χ2v) is 7.30. The van der Waals surface area contributed by atoms with Crippen molar-refractivity contribution in [2.24, 2.45) is 0 Å². The monoisotopic (exact) mass is 411 g/mol. The molecule has 0 aliphatic carbocycles. The number of carboxylic acids is 1. The molecule has 158 valence electrons. The first-order chi connectivity index (χ1) is 15.1. The molecule has 3 heteroatoms. The van der Waals surface area contributed by atoms with Crippen molar-refractivity contribution in [3.8, 4) is 5.69 Å². The fourth-order valence-corrected chi connectivity index (χ4v) is 3.65. The van der Waals surface area contributed by atoms with Crippen LogP contribution in [0.3, 0.4) is 0 Å². The van der Waals surface area contributed by atoms with Crippen molar-refractivity contribution >= 4 is 33.7 Å². The van der Waals surface area contributed by atoms with E-state index in [1.54, 1.807) is 0 Å². The Morgan fingerprint density at radius 2 is 1.65 bits per heavy atom. The lowest BCUT2D eigenvalue weighted by molar-refractivity contribution is -0.136. The van der Waals surface area contributed by atoms with Crippen molar-refractivity contribution < 1.29 is 9.90 Å². The minimum absolute atomic E-state index is 0.000357. The molecule has 3 nitrogen and oxygen atoms in total. The summed E-state index contributed by atoms with van der Waals surface area (Å²) in [6, 6.07) is 22.5. The Morgan fingerprint density at radius 1 is 0.935 bits per heavy atom. The SMILES string of the molecule is C/C=C\C.CC/C=C/c1cc2c3ccccc3ccc2n1-c1ccccc1CC(=O)O. The van der Waals surface area contributed by atoms with Crippen LogP contribution in [0, 0.1) is 0 Å². The highest BCUT2D eigenvalue weighted by Gasteiger charge is 2.15. The number of aromatic nitrogens is 1. The predicted molar refractivity (Wildman–Crippen MR) is 132 cm³/mol. The van der Waals surface area contributed by atoms with Gasteiger partial charge in [-0.2, -0.15) is 0 Å². The van der Waals surface area contributed by atoms with Gasteiger partial charge in [-0.3, -0.25) is 4.79 Å². The number of nitrogens with zero attached hydrogens (tertiary/aromatic N) is 1. The smallest absolute Gasteiger partial charge is 0.307 e. The van der Waals surface area contributed by atoms with E-state index in [1.807, 2.05) is 56.3 Å². The molecule has 31 heavy (non-hydrogen) atoms. The Labute approximate surface area is 184 Å². The molecule has 0 saturated heterocycles. The van der Waals surface area contributed by atoms with Crippen molar-refractivity contribution in [3.63, 3.8) is 0 Å². The van der Waals surface area contributed by atoms with Gasteiger partial charge in [-0.1, -0.05) is 73.7 Å². The van der Waals surface area contributed by atoms with Crippen LogP contribution in [-0.4, -0.2) is 15.6 Å². The van der Waals surface area contributed by atoms with E-state index in [4.69, 9.17) is 0 Å². The zero-order chi connectivity index (χ0) is 22.2. The molecular weight excluding hydrogens is 382 g/mol. The summed E-state index contributed by atoms with van der Waals surface area (Å²) in [6.45, 7) is 6.11. The second kappa shape index (κ2) is 10.4. The number of benzene rings is 3. The molecule has 4 aromatic rings. The summed E-state index contributed by atoms with van der Waals surface area (Å²) >= 11 is 0. The van der Waals surface area contributed by atoms with E-state index in [1.165, 1.54) is 16.2 Å². The summed E-state index contributed by atoms with van der Waals surface area (Å²) in [7, 11) is 0. The van der Waals surface area contributed by atoms with E-state index in [-0.39, 0.29) is 6.42 Å². The lowest BCUT2D eigenvalue weighted by atomic mass is 10.1. The molecule has 0 radical (unpaired) electrons. The molecule has 3 aromatic carbocycles.